The van der Waals surface area contributed by atoms with Gasteiger partial charge in [-0.2, -0.15) is 0 Å². The van der Waals surface area contributed by atoms with E-state index in [1.54, 1.807) is 7.11 Å². The van der Waals surface area contributed by atoms with Crippen LogP contribution in [-0.2, 0) is 14.2 Å². The molecule has 0 bridgehead atoms. The maximum atomic E-state index is 9.10. The molecular formula is C13H28O4. The van der Waals surface area contributed by atoms with E-state index in [0.717, 1.165) is 6.42 Å². The third-order valence-corrected chi connectivity index (χ3v) is 2.52. The third-order valence-electron chi connectivity index (χ3n) is 2.52. The average molecular weight is 248 g/mol. The summed E-state index contributed by atoms with van der Waals surface area (Å²) in [5.74, 6) is 0. The summed E-state index contributed by atoms with van der Waals surface area (Å²) in [4.78, 5) is 0. The summed E-state index contributed by atoms with van der Waals surface area (Å²) in [5, 5.41) is 9.10. The number of methoxy groups -OCH3 is 1. The molecule has 0 aliphatic heterocycles. The topological polar surface area (TPSA) is 47.9 Å². The van der Waals surface area contributed by atoms with E-state index in [2.05, 4.69) is 0 Å². The second kappa shape index (κ2) is 7.31. The second-order valence-corrected chi connectivity index (χ2v) is 5.66. The van der Waals surface area contributed by atoms with Gasteiger partial charge in [0.05, 0.1) is 30.5 Å². The van der Waals surface area contributed by atoms with E-state index in [9.17, 15) is 0 Å². The molecule has 0 spiro atoms. The summed E-state index contributed by atoms with van der Waals surface area (Å²) in [6.45, 7) is 10.9. The minimum absolute atomic E-state index is 0.00437. The quantitative estimate of drug-likeness (QED) is 0.678. The van der Waals surface area contributed by atoms with Crippen LogP contribution in [0.1, 0.15) is 41.0 Å². The summed E-state index contributed by atoms with van der Waals surface area (Å²) >= 11 is 0. The Morgan fingerprint density at radius 3 is 2.18 bits per heavy atom. The van der Waals surface area contributed by atoms with Gasteiger partial charge in [0.1, 0.15) is 0 Å². The van der Waals surface area contributed by atoms with Gasteiger partial charge in [0, 0.05) is 13.7 Å². The lowest BCUT2D eigenvalue weighted by Gasteiger charge is -2.31. The summed E-state index contributed by atoms with van der Waals surface area (Å²) in [5.41, 5.74) is -0.726. The van der Waals surface area contributed by atoms with Crippen molar-refractivity contribution in [2.45, 2.75) is 58.3 Å². The highest BCUT2D eigenvalue weighted by Crippen LogP contribution is 2.17. The molecule has 4 heteroatoms. The maximum Gasteiger partial charge on any atom is 0.0861 e. The lowest BCUT2D eigenvalue weighted by Crippen LogP contribution is -2.37. The van der Waals surface area contributed by atoms with Gasteiger partial charge >= 0.3 is 0 Å². The van der Waals surface area contributed by atoms with E-state index in [1.165, 1.54) is 0 Å². The summed E-state index contributed by atoms with van der Waals surface area (Å²) in [6, 6.07) is 0. The smallest absolute Gasteiger partial charge is 0.0861 e. The van der Waals surface area contributed by atoms with Crippen LogP contribution >= 0.6 is 0 Å². The molecule has 0 aromatic rings. The molecule has 0 radical (unpaired) electrons. The van der Waals surface area contributed by atoms with Crippen LogP contribution in [0.15, 0.2) is 0 Å². The van der Waals surface area contributed by atoms with E-state index < -0.39 is 5.60 Å². The van der Waals surface area contributed by atoms with Crippen molar-refractivity contribution in [1.82, 2.24) is 0 Å². The van der Waals surface area contributed by atoms with Gasteiger partial charge in [0.15, 0.2) is 0 Å². The molecule has 0 aliphatic rings. The molecule has 0 saturated heterocycles. The number of aliphatic hydroxyl groups is 1. The number of aliphatic hydroxyl groups excluding tert-OH is 1. The van der Waals surface area contributed by atoms with Gasteiger partial charge in [-0.25, -0.2) is 0 Å². The van der Waals surface area contributed by atoms with Gasteiger partial charge in [-0.3, -0.25) is 0 Å². The van der Waals surface area contributed by atoms with Crippen LogP contribution in [-0.4, -0.2) is 49.3 Å². The molecule has 0 rings (SSSR count). The van der Waals surface area contributed by atoms with Crippen LogP contribution in [0.2, 0.25) is 0 Å². The number of hydrogen-bond acceptors (Lipinski definition) is 4. The highest BCUT2D eigenvalue weighted by atomic mass is 16.6. The molecule has 0 amide bonds. The number of rotatable bonds is 9. The normalized spacial score (nSPS) is 15.0. The van der Waals surface area contributed by atoms with Crippen molar-refractivity contribution >= 4 is 0 Å². The Hall–Kier alpha value is -0.160. The highest BCUT2D eigenvalue weighted by Gasteiger charge is 2.23. The summed E-state index contributed by atoms with van der Waals surface area (Å²) < 4.78 is 16.5. The second-order valence-electron chi connectivity index (χ2n) is 5.66. The zero-order valence-electron chi connectivity index (χ0n) is 12.1. The van der Waals surface area contributed by atoms with Crippen LogP contribution in [0.4, 0.5) is 0 Å². The van der Waals surface area contributed by atoms with E-state index in [0.29, 0.717) is 13.2 Å². The van der Waals surface area contributed by atoms with Crippen LogP contribution in [0.5, 0.6) is 0 Å². The van der Waals surface area contributed by atoms with Gasteiger partial charge in [0.2, 0.25) is 0 Å². The Kier molecular flexibility index (Phi) is 7.24. The van der Waals surface area contributed by atoms with Gasteiger partial charge < -0.3 is 19.3 Å². The number of ether oxygens (including phenoxy) is 3. The monoisotopic (exact) mass is 248 g/mol. The first-order valence-corrected chi connectivity index (χ1v) is 6.14. The van der Waals surface area contributed by atoms with Crippen LogP contribution < -0.4 is 0 Å². The maximum absolute atomic E-state index is 9.10. The van der Waals surface area contributed by atoms with Crippen molar-refractivity contribution in [3.05, 3.63) is 0 Å². The fourth-order valence-electron chi connectivity index (χ4n) is 1.38. The predicted octanol–water partition coefficient (Wildman–Crippen LogP) is 1.99. The molecule has 17 heavy (non-hydrogen) atoms. The first-order valence-electron chi connectivity index (χ1n) is 6.14. The minimum atomic E-state index is -0.514. The molecule has 104 valence electrons. The molecule has 1 unspecified atom stereocenters. The van der Waals surface area contributed by atoms with Crippen molar-refractivity contribution in [2.24, 2.45) is 0 Å². The Balaban J connectivity index is 3.94. The third kappa shape index (κ3) is 8.55. The van der Waals surface area contributed by atoms with Gasteiger partial charge in [-0.1, -0.05) is 0 Å². The van der Waals surface area contributed by atoms with E-state index >= 15 is 0 Å². The molecule has 0 aliphatic carbocycles. The van der Waals surface area contributed by atoms with Crippen molar-refractivity contribution in [2.75, 3.05) is 26.9 Å². The lowest BCUT2D eigenvalue weighted by molar-refractivity contribution is -0.139. The fourth-order valence-corrected chi connectivity index (χ4v) is 1.38. The van der Waals surface area contributed by atoms with Crippen LogP contribution in [0, 0.1) is 0 Å². The standard InChI is InChI=1S/C13H28O4/c1-11(17-13(4,5)10-14)9-16-12(2,3)7-8-15-6/h11,14H,7-10H2,1-6H3. The van der Waals surface area contributed by atoms with E-state index in [-0.39, 0.29) is 18.3 Å². The zero-order chi connectivity index (χ0) is 13.5. The molecule has 4 nitrogen and oxygen atoms in total. The molecule has 0 aromatic heterocycles. The number of hydrogen-bond donors (Lipinski definition) is 1. The van der Waals surface area contributed by atoms with Gasteiger partial charge in [0.25, 0.3) is 0 Å². The van der Waals surface area contributed by atoms with Crippen molar-refractivity contribution < 1.29 is 19.3 Å². The lowest BCUT2D eigenvalue weighted by atomic mass is 10.1. The van der Waals surface area contributed by atoms with Crippen LogP contribution in [0.3, 0.4) is 0 Å². The molecule has 0 saturated carbocycles. The highest BCUT2D eigenvalue weighted by molar-refractivity contribution is 4.71. The Morgan fingerprint density at radius 1 is 1.12 bits per heavy atom. The molecule has 0 aromatic carbocycles. The van der Waals surface area contributed by atoms with Gasteiger partial charge in [-0.15, -0.1) is 0 Å². The Morgan fingerprint density at radius 2 is 1.71 bits per heavy atom. The predicted molar refractivity (Wildman–Crippen MR) is 68.2 cm³/mol. The average Bonchev–Trinajstić information content (AvgIpc) is 2.23. The molecule has 0 heterocycles. The zero-order valence-corrected chi connectivity index (χ0v) is 12.1. The van der Waals surface area contributed by atoms with E-state index in [1.807, 2.05) is 34.6 Å². The van der Waals surface area contributed by atoms with Crippen molar-refractivity contribution in [3.8, 4) is 0 Å². The molecule has 0 fully saturated rings. The van der Waals surface area contributed by atoms with Crippen molar-refractivity contribution in [1.29, 1.82) is 0 Å². The fraction of sp³-hybridized carbons (Fsp3) is 1.00. The Labute approximate surface area is 105 Å². The largest absolute Gasteiger partial charge is 0.393 e. The van der Waals surface area contributed by atoms with E-state index in [4.69, 9.17) is 19.3 Å². The summed E-state index contributed by atoms with van der Waals surface area (Å²) in [7, 11) is 1.69. The Bertz CT molecular complexity index is 202. The molecule has 1 N–H and O–H groups in total. The molecule has 1 atom stereocenters. The first-order chi connectivity index (χ1) is 7.72. The SMILES string of the molecule is COCCC(C)(C)OCC(C)OC(C)(C)CO. The van der Waals surface area contributed by atoms with Crippen LogP contribution in [0.25, 0.3) is 0 Å². The van der Waals surface area contributed by atoms with Crippen molar-refractivity contribution in [3.63, 3.8) is 0 Å². The first kappa shape index (κ1) is 16.8. The summed E-state index contributed by atoms with van der Waals surface area (Å²) in [6.07, 6.45) is 0.804. The van der Waals surface area contributed by atoms with Gasteiger partial charge in [-0.05, 0) is 41.0 Å². The minimum Gasteiger partial charge on any atom is -0.393 e. The molecular weight excluding hydrogens is 220 g/mol.